The number of fused-ring (bicyclic) bond motifs is 1. The average Bonchev–Trinajstić information content (AvgIpc) is 2.96. The molecule has 1 aromatic carbocycles. The smallest absolute Gasteiger partial charge is 0.253 e. The monoisotopic (exact) mass is 339 g/mol. The maximum atomic E-state index is 12.0. The maximum absolute atomic E-state index is 12.0. The highest BCUT2D eigenvalue weighted by Crippen LogP contribution is 2.16. The minimum absolute atomic E-state index is 0.0875. The molecule has 0 radical (unpaired) electrons. The number of aryl methyl sites for hydroxylation is 3. The molecule has 0 atom stereocenters. The Morgan fingerprint density at radius 2 is 2.08 bits per heavy atom. The molecule has 0 bridgehead atoms. The molecule has 0 aliphatic carbocycles. The molecular weight excluding hydrogens is 318 g/mol. The Kier molecular flexibility index (Phi) is 4.97. The molecule has 1 amide bonds. The number of nitrogens with zero attached hydrogens (tertiary/aromatic N) is 1. The van der Waals surface area contributed by atoms with E-state index in [9.17, 15) is 9.59 Å². The third-order valence-corrected chi connectivity index (χ3v) is 4.09. The summed E-state index contributed by atoms with van der Waals surface area (Å²) in [4.78, 5) is 31.1. The fraction of sp³-hybridized carbons (Fsp3) is 0.316. The van der Waals surface area contributed by atoms with E-state index in [-0.39, 0.29) is 18.0 Å². The summed E-state index contributed by atoms with van der Waals surface area (Å²) in [5, 5.41) is 2.80. The summed E-state index contributed by atoms with van der Waals surface area (Å²) in [6.07, 6.45) is 1.61. The standard InChI is InChI=1S/C19H21N3O3/c1-12-10-13(2)21-19(24)14(12)11-20-17(23)8-5-9-18-22-15-6-3-4-7-16(15)25-18/h3-4,6-7,10H,5,8-9,11H2,1-2H3,(H,20,23)(H,21,24). The van der Waals surface area contributed by atoms with Gasteiger partial charge in [-0.15, -0.1) is 0 Å². The van der Waals surface area contributed by atoms with Crippen molar-refractivity contribution in [2.24, 2.45) is 0 Å². The third kappa shape index (κ3) is 4.15. The molecule has 0 spiro atoms. The zero-order chi connectivity index (χ0) is 17.8. The molecule has 25 heavy (non-hydrogen) atoms. The number of oxazole rings is 1. The van der Waals surface area contributed by atoms with Gasteiger partial charge in [0.15, 0.2) is 11.5 Å². The van der Waals surface area contributed by atoms with Gasteiger partial charge in [0.1, 0.15) is 5.52 Å². The van der Waals surface area contributed by atoms with Crippen LogP contribution in [0, 0.1) is 13.8 Å². The van der Waals surface area contributed by atoms with Crippen LogP contribution in [0.25, 0.3) is 11.1 Å². The predicted octanol–water partition coefficient (Wildman–Crippen LogP) is 2.77. The largest absolute Gasteiger partial charge is 0.441 e. The lowest BCUT2D eigenvalue weighted by molar-refractivity contribution is -0.121. The fourth-order valence-electron chi connectivity index (χ4n) is 2.80. The molecule has 2 heterocycles. The summed E-state index contributed by atoms with van der Waals surface area (Å²) >= 11 is 0. The van der Waals surface area contributed by atoms with E-state index in [4.69, 9.17) is 4.42 Å². The van der Waals surface area contributed by atoms with Crippen LogP contribution in [0.3, 0.4) is 0 Å². The number of carbonyl (C=O) groups is 1. The molecule has 6 heteroatoms. The van der Waals surface area contributed by atoms with E-state index in [0.717, 1.165) is 22.4 Å². The lowest BCUT2D eigenvalue weighted by Crippen LogP contribution is -2.27. The minimum Gasteiger partial charge on any atom is -0.441 e. The SMILES string of the molecule is Cc1cc(C)c(CNC(=O)CCCc2nc3ccccc3o2)c(=O)[nH]1. The van der Waals surface area contributed by atoms with E-state index >= 15 is 0 Å². The van der Waals surface area contributed by atoms with E-state index in [1.807, 2.05) is 44.2 Å². The Labute approximate surface area is 145 Å². The Bertz CT molecular complexity index is 923. The molecule has 130 valence electrons. The van der Waals surface area contributed by atoms with Crippen LogP contribution in [0.15, 0.2) is 39.5 Å². The van der Waals surface area contributed by atoms with Crippen LogP contribution < -0.4 is 10.9 Å². The second kappa shape index (κ2) is 7.34. The Hall–Kier alpha value is -2.89. The Morgan fingerprint density at radius 1 is 1.28 bits per heavy atom. The molecular formula is C19H21N3O3. The predicted molar refractivity (Wildman–Crippen MR) is 95.3 cm³/mol. The topological polar surface area (TPSA) is 88.0 Å². The fourth-order valence-corrected chi connectivity index (χ4v) is 2.80. The maximum Gasteiger partial charge on any atom is 0.253 e. The first-order chi connectivity index (χ1) is 12.0. The highest BCUT2D eigenvalue weighted by molar-refractivity contribution is 5.76. The van der Waals surface area contributed by atoms with Gasteiger partial charge in [-0.3, -0.25) is 9.59 Å². The quantitative estimate of drug-likeness (QED) is 0.723. The van der Waals surface area contributed by atoms with Crippen molar-refractivity contribution in [2.45, 2.75) is 39.7 Å². The van der Waals surface area contributed by atoms with Crippen molar-refractivity contribution in [1.82, 2.24) is 15.3 Å². The first-order valence-corrected chi connectivity index (χ1v) is 8.33. The van der Waals surface area contributed by atoms with Crippen molar-refractivity contribution in [1.29, 1.82) is 0 Å². The highest BCUT2D eigenvalue weighted by Gasteiger charge is 2.09. The average molecular weight is 339 g/mol. The van der Waals surface area contributed by atoms with Gasteiger partial charge in [-0.25, -0.2) is 4.98 Å². The summed E-state index contributed by atoms with van der Waals surface area (Å²) in [6.45, 7) is 3.95. The number of hydrogen-bond acceptors (Lipinski definition) is 4. The molecule has 0 unspecified atom stereocenters. The summed E-state index contributed by atoms with van der Waals surface area (Å²) in [5.74, 6) is 0.551. The number of amides is 1. The van der Waals surface area contributed by atoms with Gasteiger partial charge < -0.3 is 14.7 Å². The van der Waals surface area contributed by atoms with Crippen LogP contribution in [-0.4, -0.2) is 15.9 Å². The van der Waals surface area contributed by atoms with Gasteiger partial charge in [0.25, 0.3) is 5.56 Å². The molecule has 2 N–H and O–H groups in total. The molecule has 0 saturated carbocycles. The number of aromatic nitrogens is 2. The van der Waals surface area contributed by atoms with E-state index in [0.29, 0.717) is 30.7 Å². The first kappa shape index (κ1) is 17.0. The van der Waals surface area contributed by atoms with Crippen LogP contribution in [0.5, 0.6) is 0 Å². The van der Waals surface area contributed by atoms with Crippen molar-refractivity contribution in [3.63, 3.8) is 0 Å². The van der Waals surface area contributed by atoms with Crippen LogP contribution in [0.1, 0.15) is 35.6 Å². The van der Waals surface area contributed by atoms with Crippen LogP contribution in [0.2, 0.25) is 0 Å². The molecule has 2 aromatic heterocycles. The van der Waals surface area contributed by atoms with E-state index in [2.05, 4.69) is 15.3 Å². The number of rotatable bonds is 6. The number of para-hydroxylation sites is 2. The number of benzene rings is 1. The van der Waals surface area contributed by atoms with Gasteiger partial charge in [-0.2, -0.15) is 0 Å². The molecule has 0 fully saturated rings. The summed E-state index contributed by atoms with van der Waals surface area (Å²) in [6, 6.07) is 9.49. The lowest BCUT2D eigenvalue weighted by Gasteiger charge is -2.08. The second-order valence-electron chi connectivity index (χ2n) is 6.15. The van der Waals surface area contributed by atoms with Crippen molar-refractivity contribution < 1.29 is 9.21 Å². The van der Waals surface area contributed by atoms with Crippen LogP contribution in [-0.2, 0) is 17.8 Å². The summed E-state index contributed by atoms with van der Waals surface area (Å²) < 4.78 is 5.63. The van der Waals surface area contributed by atoms with Crippen molar-refractivity contribution in [2.75, 3.05) is 0 Å². The van der Waals surface area contributed by atoms with Gasteiger partial charge in [0.05, 0.1) is 0 Å². The number of pyridine rings is 1. The molecule has 0 aliphatic rings. The zero-order valence-corrected chi connectivity index (χ0v) is 14.4. The van der Waals surface area contributed by atoms with Crippen LogP contribution in [0.4, 0.5) is 0 Å². The summed E-state index contributed by atoms with van der Waals surface area (Å²) in [7, 11) is 0. The number of carbonyl (C=O) groups excluding carboxylic acids is 1. The molecule has 3 rings (SSSR count). The van der Waals surface area contributed by atoms with Crippen molar-refractivity contribution in [3.05, 3.63) is 63.4 Å². The zero-order valence-electron chi connectivity index (χ0n) is 14.4. The number of hydrogen-bond donors (Lipinski definition) is 2. The van der Waals surface area contributed by atoms with Gasteiger partial charge in [-0.05, 0) is 44.0 Å². The Morgan fingerprint density at radius 3 is 2.84 bits per heavy atom. The minimum atomic E-state index is -0.149. The van der Waals surface area contributed by atoms with Gasteiger partial charge in [0, 0.05) is 30.6 Å². The van der Waals surface area contributed by atoms with E-state index < -0.39 is 0 Å². The number of aromatic amines is 1. The number of nitrogens with one attached hydrogen (secondary N) is 2. The van der Waals surface area contributed by atoms with E-state index in [1.165, 1.54) is 0 Å². The van der Waals surface area contributed by atoms with E-state index in [1.54, 1.807) is 0 Å². The highest BCUT2D eigenvalue weighted by atomic mass is 16.3. The van der Waals surface area contributed by atoms with Crippen LogP contribution >= 0.6 is 0 Å². The number of H-pyrrole nitrogens is 1. The van der Waals surface area contributed by atoms with Gasteiger partial charge >= 0.3 is 0 Å². The normalized spacial score (nSPS) is 11.0. The second-order valence-corrected chi connectivity index (χ2v) is 6.15. The van der Waals surface area contributed by atoms with Gasteiger partial charge in [0.2, 0.25) is 5.91 Å². The Balaban J connectivity index is 1.49. The lowest BCUT2D eigenvalue weighted by atomic mass is 10.1. The third-order valence-electron chi connectivity index (χ3n) is 4.09. The first-order valence-electron chi connectivity index (χ1n) is 8.33. The molecule has 0 saturated heterocycles. The van der Waals surface area contributed by atoms with Crippen molar-refractivity contribution >= 4 is 17.0 Å². The summed E-state index contributed by atoms with van der Waals surface area (Å²) in [5.41, 5.74) is 3.73. The molecule has 0 aliphatic heterocycles. The molecule has 6 nitrogen and oxygen atoms in total. The molecule has 3 aromatic rings. The van der Waals surface area contributed by atoms with Gasteiger partial charge in [-0.1, -0.05) is 12.1 Å². The van der Waals surface area contributed by atoms with Crippen molar-refractivity contribution in [3.8, 4) is 0 Å².